The molecule has 1 rings (SSSR count). The van der Waals surface area contributed by atoms with Crippen molar-refractivity contribution in [1.82, 2.24) is 5.32 Å². The molecular formula is C9H11NO4S2. The zero-order valence-electron chi connectivity index (χ0n) is 8.56. The van der Waals surface area contributed by atoms with Crippen molar-refractivity contribution in [2.45, 2.75) is 0 Å². The average molecular weight is 261 g/mol. The lowest BCUT2D eigenvalue weighted by molar-refractivity contribution is 0.0702. The molecule has 16 heavy (non-hydrogen) atoms. The Balaban J connectivity index is 2.53. The first kappa shape index (κ1) is 12.9. The normalized spacial score (nSPS) is 12.1. The highest BCUT2D eigenvalue weighted by molar-refractivity contribution is 7.84. The zero-order valence-corrected chi connectivity index (χ0v) is 10.2. The maximum atomic E-state index is 11.5. The Hall–Kier alpha value is -1.21. The van der Waals surface area contributed by atoms with Gasteiger partial charge >= 0.3 is 5.97 Å². The van der Waals surface area contributed by atoms with E-state index in [9.17, 15) is 13.8 Å². The summed E-state index contributed by atoms with van der Waals surface area (Å²) in [5, 5.41) is 11.2. The van der Waals surface area contributed by atoms with E-state index in [0.29, 0.717) is 17.2 Å². The lowest BCUT2D eigenvalue weighted by Crippen LogP contribution is -2.26. The molecule has 1 atom stereocenters. The quantitative estimate of drug-likeness (QED) is 0.811. The summed E-state index contributed by atoms with van der Waals surface area (Å²) in [7, 11) is -0.946. The predicted molar refractivity (Wildman–Crippen MR) is 62.5 cm³/mol. The van der Waals surface area contributed by atoms with Gasteiger partial charge in [0, 0.05) is 29.4 Å². The van der Waals surface area contributed by atoms with Crippen LogP contribution in [0.4, 0.5) is 0 Å². The van der Waals surface area contributed by atoms with E-state index in [2.05, 4.69) is 5.32 Å². The maximum Gasteiger partial charge on any atom is 0.345 e. The number of carboxylic acid groups (broad SMARTS) is 1. The van der Waals surface area contributed by atoms with Gasteiger partial charge in [-0.3, -0.25) is 9.00 Å². The molecule has 1 heterocycles. The van der Waals surface area contributed by atoms with E-state index in [1.165, 1.54) is 12.1 Å². The number of carboxylic acids is 1. The molecule has 0 spiro atoms. The van der Waals surface area contributed by atoms with Crippen molar-refractivity contribution in [3.63, 3.8) is 0 Å². The zero-order chi connectivity index (χ0) is 12.1. The van der Waals surface area contributed by atoms with Crippen LogP contribution in [-0.4, -0.2) is 39.7 Å². The number of aromatic carboxylic acids is 1. The Bertz CT molecular complexity index is 427. The standard InChI is InChI=1S/C9H11NO4S2/c1-16(14)5-4-10-8(11)6-2-3-7(15-6)9(12)13/h2-3H,4-5H2,1H3,(H,10,11)(H,12,13). The molecule has 7 heteroatoms. The van der Waals surface area contributed by atoms with Crippen LogP contribution in [-0.2, 0) is 10.8 Å². The highest BCUT2D eigenvalue weighted by Crippen LogP contribution is 2.15. The van der Waals surface area contributed by atoms with E-state index >= 15 is 0 Å². The molecule has 0 saturated carbocycles. The Labute approximate surface area is 98.9 Å². The van der Waals surface area contributed by atoms with E-state index in [1.807, 2.05) is 0 Å². The van der Waals surface area contributed by atoms with Crippen LogP contribution in [0.1, 0.15) is 19.3 Å². The van der Waals surface area contributed by atoms with Gasteiger partial charge in [0.25, 0.3) is 5.91 Å². The third kappa shape index (κ3) is 3.74. The van der Waals surface area contributed by atoms with Gasteiger partial charge in [-0.25, -0.2) is 4.79 Å². The van der Waals surface area contributed by atoms with Gasteiger partial charge in [-0.2, -0.15) is 0 Å². The summed E-state index contributed by atoms with van der Waals surface area (Å²) in [5.41, 5.74) is 0. The smallest absolute Gasteiger partial charge is 0.345 e. The minimum absolute atomic E-state index is 0.129. The lowest BCUT2D eigenvalue weighted by atomic mass is 10.4. The Morgan fingerprint density at radius 2 is 2.06 bits per heavy atom. The van der Waals surface area contributed by atoms with E-state index < -0.39 is 16.8 Å². The van der Waals surface area contributed by atoms with Crippen LogP contribution in [0.5, 0.6) is 0 Å². The van der Waals surface area contributed by atoms with E-state index in [0.717, 1.165) is 11.3 Å². The number of carbonyl (C=O) groups excluding carboxylic acids is 1. The first-order valence-electron chi connectivity index (χ1n) is 4.42. The number of amides is 1. The first-order chi connectivity index (χ1) is 7.50. The number of thiophene rings is 1. The summed E-state index contributed by atoms with van der Waals surface area (Å²) in [6.07, 6.45) is 1.56. The molecule has 2 N–H and O–H groups in total. The molecule has 5 nitrogen and oxygen atoms in total. The Kier molecular flexibility index (Phi) is 4.63. The topological polar surface area (TPSA) is 83.5 Å². The van der Waals surface area contributed by atoms with Crippen molar-refractivity contribution in [3.05, 3.63) is 21.9 Å². The molecule has 0 fully saturated rings. The Morgan fingerprint density at radius 3 is 2.56 bits per heavy atom. The van der Waals surface area contributed by atoms with E-state index in [-0.39, 0.29) is 10.8 Å². The van der Waals surface area contributed by atoms with Crippen molar-refractivity contribution >= 4 is 34.0 Å². The van der Waals surface area contributed by atoms with Crippen molar-refractivity contribution in [3.8, 4) is 0 Å². The molecule has 88 valence electrons. The number of hydrogen-bond acceptors (Lipinski definition) is 4. The van der Waals surface area contributed by atoms with Gasteiger partial charge in [0.15, 0.2) is 0 Å². The van der Waals surface area contributed by atoms with E-state index in [1.54, 1.807) is 6.26 Å². The van der Waals surface area contributed by atoms with Gasteiger partial charge in [0.05, 0.1) is 4.88 Å². The number of hydrogen-bond donors (Lipinski definition) is 2. The third-order valence-corrected chi connectivity index (χ3v) is 3.57. The number of rotatable bonds is 5. The summed E-state index contributed by atoms with van der Waals surface area (Å²) in [4.78, 5) is 22.5. The molecule has 1 amide bonds. The highest BCUT2D eigenvalue weighted by atomic mass is 32.2. The summed E-state index contributed by atoms with van der Waals surface area (Å²) >= 11 is 0.920. The molecule has 0 bridgehead atoms. The second kappa shape index (κ2) is 5.76. The van der Waals surface area contributed by atoms with Gasteiger partial charge in [-0.05, 0) is 12.1 Å². The molecule has 0 aliphatic rings. The molecule has 0 saturated heterocycles. The summed E-state index contributed by atoms with van der Waals surface area (Å²) < 4.78 is 10.7. The average Bonchev–Trinajstić information content (AvgIpc) is 2.65. The molecule has 0 aliphatic heterocycles. The lowest BCUT2D eigenvalue weighted by Gasteiger charge is -2.00. The fourth-order valence-electron chi connectivity index (χ4n) is 0.970. The minimum atomic E-state index is -1.04. The van der Waals surface area contributed by atoms with Crippen LogP contribution in [0.3, 0.4) is 0 Å². The van der Waals surface area contributed by atoms with Gasteiger partial charge < -0.3 is 10.4 Å². The first-order valence-corrected chi connectivity index (χ1v) is 6.96. The molecule has 0 aromatic carbocycles. The maximum absolute atomic E-state index is 11.5. The SMILES string of the molecule is CS(=O)CCNC(=O)c1ccc(C(=O)O)s1. The third-order valence-electron chi connectivity index (χ3n) is 1.72. The monoisotopic (exact) mass is 261 g/mol. The van der Waals surface area contributed by atoms with Gasteiger partial charge in [0.2, 0.25) is 0 Å². The number of nitrogens with one attached hydrogen (secondary N) is 1. The van der Waals surface area contributed by atoms with Crippen molar-refractivity contribution in [1.29, 1.82) is 0 Å². The van der Waals surface area contributed by atoms with Gasteiger partial charge in [0.1, 0.15) is 4.88 Å². The predicted octanol–water partition coefficient (Wildman–Crippen LogP) is 0.555. The molecule has 1 aromatic heterocycles. The van der Waals surface area contributed by atoms with Crippen molar-refractivity contribution < 1.29 is 18.9 Å². The second-order valence-electron chi connectivity index (χ2n) is 3.00. The summed E-state index contributed by atoms with van der Waals surface area (Å²) in [6, 6.07) is 2.85. The van der Waals surface area contributed by atoms with Crippen molar-refractivity contribution in [2.24, 2.45) is 0 Å². The summed E-state index contributed by atoms with van der Waals surface area (Å²) in [6.45, 7) is 0.322. The molecule has 1 unspecified atom stereocenters. The molecule has 0 aliphatic carbocycles. The van der Waals surface area contributed by atoms with Gasteiger partial charge in [-0.1, -0.05) is 0 Å². The fraction of sp³-hybridized carbons (Fsp3) is 0.333. The summed E-state index contributed by atoms with van der Waals surface area (Å²) in [5.74, 6) is -0.982. The molecular weight excluding hydrogens is 250 g/mol. The number of carbonyl (C=O) groups is 2. The highest BCUT2D eigenvalue weighted by Gasteiger charge is 2.12. The van der Waals surface area contributed by atoms with Crippen LogP contribution in [0.15, 0.2) is 12.1 Å². The van der Waals surface area contributed by atoms with E-state index in [4.69, 9.17) is 5.11 Å². The molecule has 1 aromatic rings. The molecule has 0 radical (unpaired) electrons. The van der Waals surface area contributed by atoms with Crippen molar-refractivity contribution in [2.75, 3.05) is 18.6 Å². The van der Waals surface area contributed by atoms with Crippen LogP contribution in [0.25, 0.3) is 0 Å². The van der Waals surface area contributed by atoms with Crippen LogP contribution in [0.2, 0.25) is 0 Å². The Morgan fingerprint density at radius 1 is 1.44 bits per heavy atom. The van der Waals surface area contributed by atoms with Crippen LogP contribution < -0.4 is 5.32 Å². The second-order valence-corrected chi connectivity index (χ2v) is 5.64. The fourth-order valence-corrected chi connectivity index (χ4v) is 2.12. The largest absolute Gasteiger partial charge is 0.477 e. The van der Waals surface area contributed by atoms with Gasteiger partial charge in [-0.15, -0.1) is 11.3 Å². The van der Waals surface area contributed by atoms with Crippen LogP contribution in [0, 0.1) is 0 Å². The van der Waals surface area contributed by atoms with Crippen LogP contribution >= 0.6 is 11.3 Å². The minimum Gasteiger partial charge on any atom is -0.477 e.